The van der Waals surface area contributed by atoms with E-state index in [-0.39, 0.29) is 6.04 Å². The van der Waals surface area contributed by atoms with E-state index in [1.54, 1.807) is 0 Å². The van der Waals surface area contributed by atoms with Gasteiger partial charge in [-0.3, -0.25) is 5.32 Å². The Balaban J connectivity index is 1.94. The fourth-order valence-corrected chi connectivity index (χ4v) is 2.10. The number of aryl methyl sites for hydroxylation is 1. The standard InChI is InChI=1S/C13H21N3O/c1-9(12-16-15-10(2)17-12)14-11-5-7-13(3,4)8-6-11/h5,7,9,11,14H,6,8H2,1-4H3. The van der Waals surface area contributed by atoms with Crippen molar-refractivity contribution in [2.24, 2.45) is 5.41 Å². The van der Waals surface area contributed by atoms with Gasteiger partial charge in [0, 0.05) is 13.0 Å². The molecule has 1 aliphatic carbocycles. The lowest BCUT2D eigenvalue weighted by atomic mass is 9.81. The highest BCUT2D eigenvalue weighted by Crippen LogP contribution is 2.30. The van der Waals surface area contributed by atoms with Gasteiger partial charge in [0.2, 0.25) is 11.8 Å². The van der Waals surface area contributed by atoms with Crippen LogP contribution in [0, 0.1) is 12.3 Å². The number of nitrogens with one attached hydrogen (secondary N) is 1. The molecule has 0 saturated carbocycles. The number of aromatic nitrogens is 2. The van der Waals surface area contributed by atoms with Gasteiger partial charge in [0.1, 0.15) is 0 Å². The van der Waals surface area contributed by atoms with Crippen LogP contribution in [-0.2, 0) is 0 Å². The summed E-state index contributed by atoms with van der Waals surface area (Å²) in [6, 6.07) is 0.511. The third kappa shape index (κ3) is 3.16. The van der Waals surface area contributed by atoms with Crippen molar-refractivity contribution in [2.75, 3.05) is 0 Å². The summed E-state index contributed by atoms with van der Waals surface area (Å²) in [5.41, 5.74) is 0.336. The Morgan fingerprint density at radius 1 is 1.47 bits per heavy atom. The lowest BCUT2D eigenvalue weighted by Crippen LogP contribution is -2.33. The minimum Gasteiger partial charge on any atom is -0.424 e. The second-order valence-corrected chi connectivity index (χ2v) is 5.54. The molecule has 2 atom stereocenters. The number of nitrogens with zero attached hydrogens (tertiary/aromatic N) is 2. The van der Waals surface area contributed by atoms with Crippen LogP contribution >= 0.6 is 0 Å². The Labute approximate surface area is 103 Å². The first-order valence-corrected chi connectivity index (χ1v) is 6.22. The summed E-state index contributed by atoms with van der Waals surface area (Å²) in [4.78, 5) is 0. The van der Waals surface area contributed by atoms with Crippen LogP contribution in [0.15, 0.2) is 16.6 Å². The second-order valence-electron chi connectivity index (χ2n) is 5.54. The summed E-state index contributed by atoms with van der Waals surface area (Å²) in [6.07, 6.45) is 6.90. The van der Waals surface area contributed by atoms with Gasteiger partial charge in [0.25, 0.3) is 0 Å². The Morgan fingerprint density at radius 2 is 2.24 bits per heavy atom. The molecule has 94 valence electrons. The van der Waals surface area contributed by atoms with Crippen LogP contribution < -0.4 is 5.32 Å². The van der Waals surface area contributed by atoms with E-state index < -0.39 is 0 Å². The van der Waals surface area contributed by atoms with Crippen molar-refractivity contribution < 1.29 is 4.42 Å². The molecule has 17 heavy (non-hydrogen) atoms. The smallest absolute Gasteiger partial charge is 0.233 e. The average molecular weight is 235 g/mol. The van der Waals surface area contributed by atoms with Gasteiger partial charge in [0.05, 0.1) is 6.04 Å². The molecular weight excluding hydrogens is 214 g/mol. The van der Waals surface area contributed by atoms with Gasteiger partial charge in [-0.05, 0) is 25.2 Å². The molecule has 0 fully saturated rings. The predicted molar refractivity (Wildman–Crippen MR) is 66.5 cm³/mol. The fraction of sp³-hybridized carbons (Fsp3) is 0.692. The third-order valence-corrected chi connectivity index (χ3v) is 3.26. The largest absolute Gasteiger partial charge is 0.424 e. The van der Waals surface area contributed by atoms with Crippen molar-refractivity contribution in [3.63, 3.8) is 0 Å². The Kier molecular flexibility index (Phi) is 3.33. The van der Waals surface area contributed by atoms with Crippen LogP contribution in [0.1, 0.15) is 51.4 Å². The van der Waals surface area contributed by atoms with E-state index in [0.29, 0.717) is 23.2 Å². The maximum Gasteiger partial charge on any atom is 0.233 e. The average Bonchev–Trinajstić information content (AvgIpc) is 2.68. The predicted octanol–water partition coefficient (Wildman–Crippen LogP) is 2.77. The third-order valence-electron chi connectivity index (χ3n) is 3.26. The number of hydrogen-bond donors (Lipinski definition) is 1. The molecular formula is C13H21N3O. The first-order chi connectivity index (χ1) is 7.96. The van der Waals surface area contributed by atoms with Crippen LogP contribution in [0.25, 0.3) is 0 Å². The van der Waals surface area contributed by atoms with Gasteiger partial charge >= 0.3 is 0 Å². The van der Waals surface area contributed by atoms with Crippen LogP contribution in [0.4, 0.5) is 0 Å². The molecule has 0 bridgehead atoms. The second kappa shape index (κ2) is 4.61. The van der Waals surface area contributed by atoms with E-state index >= 15 is 0 Å². The van der Waals surface area contributed by atoms with E-state index in [0.717, 1.165) is 6.42 Å². The van der Waals surface area contributed by atoms with Gasteiger partial charge in [0.15, 0.2) is 0 Å². The highest BCUT2D eigenvalue weighted by molar-refractivity contribution is 5.07. The topological polar surface area (TPSA) is 51.0 Å². The molecule has 1 aromatic heterocycles. The summed E-state index contributed by atoms with van der Waals surface area (Å²) in [7, 11) is 0. The summed E-state index contributed by atoms with van der Waals surface area (Å²) in [5.74, 6) is 1.29. The molecule has 1 N–H and O–H groups in total. The zero-order chi connectivity index (χ0) is 12.5. The molecule has 1 aliphatic rings. The summed E-state index contributed by atoms with van der Waals surface area (Å²) in [5, 5.41) is 11.4. The van der Waals surface area contributed by atoms with Crippen molar-refractivity contribution in [3.05, 3.63) is 23.9 Å². The number of allylic oxidation sites excluding steroid dienone is 1. The maximum atomic E-state index is 5.42. The van der Waals surface area contributed by atoms with E-state index in [9.17, 15) is 0 Å². The minimum absolute atomic E-state index is 0.104. The lowest BCUT2D eigenvalue weighted by molar-refractivity contribution is 0.331. The van der Waals surface area contributed by atoms with Gasteiger partial charge in [-0.25, -0.2) is 0 Å². The summed E-state index contributed by atoms with van der Waals surface area (Å²) in [6.45, 7) is 8.40. The Morgan fingerprint density at radius 3 is 2.76 bits per heavy atom. The molecule has 0 aliphatic heterocycles. The zero-order valence-corrected chi connectivity index (χ0v) is 11.0. The van der Waals surface area contributed by atoms with E-state index in [1.165, 1.54) is 6.42 Å². The number of hydrogen-bond acceptors (Lipinski definition) is 4. The van der Waals surface area contributed by atoms with E-state index in [2.05, 4.69) is 48.4 Å². The van der Waals surface area contributed by atoms with Gasteiger partial charge in [-0.1, -0.05) is 26.0 Å². The Hall–Kier alpha value is -1.16. The molecule has 0 spiro atoms. The van der Waals surface area contributed by atoms with Crippen LogP contribution in [-0.4, -0.2) is 16.2 Å². The van der Waals surface area contributed by atoms with Crippen LogP contribution in [0.3, 0.4) is 0 Å². The quantitative estimate of drug-likeness (QED) is 0.818. The van der Waals surface area contributed by atoms with E-state index in [1.807, 2.05) is 6.92 Å². The summed E-state index contributed by atoms with van der Waals surface area (Å²) >= 11 is 0. The first-order valence-electron chi connectivity index (χ1n) is 6.22. The van der Waals surface area contributed by atoms with Gasteiger partial charge in [-0.2, -0.15) is 0 Å². The van der Waals surface area contributed by atoms with Crippen molar-refractivity contribution in [1.29, 1.82) is 0 Å². The van der Waals surface area contributed by atoms with Crippen molar-refractivity contribution in [1.82, 2.24) is 15.5 Å². The monoisotopic (exact) mass is 235 g/mol. The maximum absolute atomic E-state index is 5.42. The molecule has 0 aromatic carbocycles. The van der Waals surface area contributed by atoms with Crippen molar-refractivity contribution in [3.8, 4) is 0 Å². The van der Waals surface area contributed by atoms with E-state index in [4.69, 9.17) is 4.42 Å². The first kappa shape index (κ1) is 12.3. The lowest BCUT2D eigenvalue weighted by Gasteiger charge is -2.30. The SMILES string of the molecule is Cc1nnc(C(C)NC2C=CC(C)(C)CC2)o1. The molecule has 4 heteroatoms. The highest BCUT2D eigenvalue weighted by Gasteiger charge is 2.23. The van der Waals surface area contributed by atoms with Crippen molar-refractivity contribution >= 4 is 0 Å². The molecule has 0 saturated heterocycles. The van der Waals surface area contributed by atoms with Crippen LogP contribution in [0.5, 0.6) is 0 Å². The molecule has 0 radical (unpaired) electrons. The minimum atomic E-state index is 0.104. The fourth-order valence-electron chi connectivity index (χ4n) is 2.10. The molecule has 2 unspecified atom stereocenters. The van der Waals surface area contributed by atoms with Crippen LogP contribution in [0.2, 0.25) is 0 Å². The molecule has 2 rings (SSSR count). The molecule has 0 amide bonds. The molecule has 1 heterocycles. The molecule has 4 nitrogen and oxygen atoms in total. The Bertz CT molecular complexity index is 409. The van der Waals surface area contributed by atoms with Gasteiger partial charge < -0.3 is 4.42 Å². The number of rotatable bonds is 3. The zero-order valence-electron chi connectivity index (χ0n) is 11.0. The summed E-state index contributed by atoms with van der Waals surface area (Å²) < 4.78 is 5.42. The normalized spacial score (nSPS) is 24.8. The van der Waals surface area contributed by atoms with Crippen molar-refractivity contribution in [2.45, 2.75) is 52.6 Å². The highest BCUT2D eigenvalue weighted by atomic mass is 16.4. The molecule has 1 aromatic rings. The van der Waals surface area contributed by atoms with Gasteiger partial charge in [-0.15, -0.1) is 10.2 Å².